The monoisotopic (exact) mass is 265 g/mol. The van der Waals surface area contributed by atoms with E-state index in [0.717, 1.165) is 12.1 Å². The zero-order chi connectivity index (χ0) is 14.4. The molecule has 0 saturated carbocycles. The summed E-state index contributed by atoms with van der Waals surface area (Å²) in [5.41, 5.74) is 6.87. The third-order valence-electron chi connectivity index (χ3n) is 2.97. The molecule has 1 atom stereocenters. The van der Waals surface area contributed by atoms with E-state index in [-0.39, 0.29) is 11.7 Å². The number of carbonyl (C=O) groups excluding carboxylic acids is 1. The van der Waals surface area contributed by atoms with Crippen molar-refractivity contribution in [3.8, 4) is 5.75 Å². The van der Waals surface area contributed by atoms with Gasteiger partial charge in [0.15, 0.2) is 0 Å². The van der Waals surface area contributed by atoms with E-state index in [4.69, 9.17) is 5.73 Å². The summed E-state index contributed by atoms with van der Waals surface area (Å²) in [4.78, 5) is 15.7. The van der Waals surface area contributed by atoms with Crippen molar-refractivity contribution in [2.45, 2.75) is 12.5 Å². The van der Waals surface area contributed by atoms with Crippen LogP contribution in [0.5, 0.6) is 5.75 Å². The fraction of sp³-hybridized carbons (Fsp3) is 0.500. The number of nitrogens with two attached hydrogens (primary N) is 1. The van der Waals surface area contributed by atoms with Gasteiger partial charge in [-0.25, -0.2) is 0 Å². The highest BCUT2D eigenvalue weighted by molar-refractivity contribution is 5.81. The predicted octanol–water partition coefficient (Wildman–Crippen LogP) is 0.282. The Bertz CT molecular complexity index is 404. The van der Waals surface area contributed by atoms with E-state index >= 15 is 0 Å². The maximum absolute atomic E-state index is 12.1. The summed E-state index contributed by atoms with van der Waals surface area (Å²) in [6.45, 7) is 1.48. The van der Waals surface area contributed by atoms with Gasteiger partial charge in [0.25, 0.3) is 0 Å². The van der Waals surface area contributed by atoms with E-state index in [9.17, 15) is 9.90 Å². The Balaban J connectivity index is 2.50. The lowest BCUT2D eigenvalue weighted by atomic mass is 10.1. The van der Waals surface area contributed by atoms with Gasteiger partial charge in [0.2, 0.25) is 5.91 Å². The largest absolute Gasteiger partial charge is 0.508 e. The van der Waals surface area contributed by atoms with Crippen molar-refractivity contribution in [2.24, 2.45) is 5.73 Å². The molecule has 0 saturated heterocycles. The van der Waals surface area contributed by atoms with E-state index in [0.29, 0.717) is 13.0 Å². The molecular formula is C14H23N3O2. The van der Waals surface area contributed by atoms with Crippen LogP contribution in [0.1, 0.15) is 5.56 Å². The molecule has 0 aromatic heterocycles. The predicted molar refractivity (Wildman–Crippen MR) is 76.0 cm³/mol. The van der Waals surface area contributed by atoms with Crippen LogP contribution in [0.4, 0.5) is 0 Å². The fourth-order valence-corrected chi connectivity index (χ4v) is 1.72. The molecule has 0 fully saturated rings. The normalized spacial score (nSPS) is 12.5. The molecule has 3 N–H and O–H groups in total. The first kappa shape index (κ1) is 15.5. The van der Waals surface area contributed by atoms with Crippen LogP contribution in [-0.2, 0) is 11.2 Å². The lowest BCUT2D eigenvalue weighted by Crippen LogP contribution is -2.45. The second kappa shape index (κ2) is 7.11. The Hall–Kier alpha value is -1.59. The SMILES string of the molecule is CN(C)CCN(C)C(=O)[C@H](N)Cc1ccc(O)cc1. The number of aromatic hydroxyl groups is 1. The molecule has 5 heteroatoms. The second-order valence-corrected chi connectivity index (χ2v) is 5.04. The van der Waals surface area contributed by atoms with Crippen LogP contribution >= 0.6 is 0 Å². The molecule has 1 amide bonds. The molecule has 0 unspecified atom stereocenters. The Morgan fingerprint density at radius 2 is 1.79 bits per heavy atom. The van der Waals surface area contributed by atoms with Crippen molar-refractivity contribution in [2.75, 3.05) is 34.2 Å². The molecule has 0 spiro atoms. The minimum Gasteiger partial charge on any atom is -0.508 e. The molecule has 1 aromatic rings. The van der Waals surface area contributed by atoms with Gasteiger partial charge in [-0.3, -0.25) is 4.79 Å². The molecule has 106 valence electrons. The maximum atomic E-state index is 12.1. The van der Waals surface area contributed by atoms with Gasteiger partial charge in [0.05, 0.1) is 6.04 Å². The van der Waals surface area contributed by atoms with E-state index in [1.807, 2.05) is 19.0 Å². The summed E-state index contributed by atoms with van der Waals surface area (Å²) < 4.78 is 0. The highest BCUT2D eigenvalue weighted by Crippen LogP contribution is 2.11. The highest BCUT2D eigenvalue weighted by atomic mass is 16.3. The fourth-order valence-electron chi connectivity index (χ4n) is 1.72. The van der Waals surface area contributed by atoms with Crippen LogP contribution in [0, 0.1) is 0 Å². The van der Waals surface area contributed by atoms with E-state index in [2.05, 4.69) is 0 Å². The number of nitrogens with zero attached hydrogens (tertiary/aromatic N) is 2. The van der Waals surface area contributed by atoms with Gasteiger partial charge >= 0.3 is 0 Å². The minimum atomic E-state index is -0.545. The number of rotatable bonds is 6. The molecule has 0 aliphatic rings. The van der Waals surface area contributed by atoms with Gasteiger partial charge in [0, 0.05) is 20.1 Å². The van der Waals surface area contributed by atoms with Crippen LogP contribution in [0.15, 0.2) is 24.3 Å². The molecule has 0 aliphatic heterocycles. The number of carbonyl (C=O) groups is 1. The molecule has 0 bridgehead atoms. The molecule has 5 nitrogen and oxygen atoms in total. The lowest BCUT2D eigenvalue weighted by Gasteiger charge is -2.23. The van der Waals surface area contributed by atoms with Gasteiger partial charge in [0.1, 0.15) is 5.75 Å². The third kappa shape index (κ3) is 5.28. The van der Waals surface area contributed by atoms with Crippen LogP contribution in [0.2, 0.25) is 0 Å². The zero-order valence-corrected chi connectivity index (χ0v) is 11.8. The van der Waals surface area contributed by atoms with Crippen molar-refractivity contribution in [3.63, 3.8) is 0 Å². The Kier molecular flexibility index (Phi) is 5.79. The number of phenols is 1. The number of hydrogen-bond donors (Lipinski definition) is 2. The van der Waals surface area contributed by atoms with E-state index in [1.165, 1.54) is 0 Å². The number of phenolic OH excluding ortho intramolecular Hbond substituents is 1. The Morgan fingerprint density at radius 3 is 2.32 bits per heavy atom. The Morgan fingerprint density at radius 1 is 1.21 bits per heavy atom. The van der Waals surface area contributed by atoms with Crippen LogP contribution in [0.3, 0.4) is 0 Å². The highest BCUT2D eigenvalue weighted by Gasteiger charge is 2.18. The molecule has 1 rings (SSSR count). The number of likely N-dealkylation sites (N-methyl/N-ethyl adjacent to an activating group) is 2. The second-order valence-electron chi connectivity index (χ2n) is 5.04. The van der Waals surface area contributed by atoms with Gasteiger partial charge in [-0.15, -0.1) is 0 Å². The van der Waals surface area contributed by atoms with Gasteiger partial charge < -0.3 is 20.6 Å². The number of hydrogen-bond acceptors (Lipinski definition) is 4. The van der Waals surface area contributed by atoms with Crippen molar-refractivity contribution >= 4 is 5.91 Å². The van der Waals surface area contributed by atoms with Crippen molar-refractivity contribution in [3.05, 3.63) is 29.8 Å². The smallest absolute Gasteiger partial charge is 0.239 e. The average Bonchev–Trinajstić information content (AvgIpc) is 2.37. The van der Waals surface area contributed by atoms with Crippen molar-refractivity contribution < 1.29 is 9.90 Å². The number of benzene rings is 1. The van der Waals surface area contributed by atoms with Crippen LogP contribution in [0.25, 0.3) is 0 Å². The van der Waals surface area contributed by atoms with Crippen LogP contribution in [-0.4, -0.2) is 61.1 Å². The molecule has 0 radical (unpaired) electrons. The summed E-state index contributed by atoms with van der Waals surface area (Å²) in [6, 6.07) is 6.21. The third-order valence-corrected chi connectivity index (χ3v) is 2.97. The molecule has 1 aromatic carbocycles. The maximum Gasteiger partial charge on any atom is 0.239 e. The first-order valence-corrected chi connectivity index (χ1v) is 6.33. The van der Waals surface area contributed by atoms with Gasteiger partial charge in [-0.1, -0.05) is 12.1 Å². The summed E-state index contributed by atoms with van der Waals surface area (Å²) in [6.07, 6.45) is 0.478. The molecule has 0 heterocycles. The quantitative estimate of drug-likeness (QED) is 0.775. The van der Waals surface area contributed by atoms with E-state index < -0.39 is 6.04 Å². The zero-order valence-electron chi connectivity index (χ0n) is 11.8. The molecular weight excluding hydrogens is 242 g/mol. The topological polar surface area (TPSA) is 69.8 Å². The lowest BCUT2D eigenvalue weighted by molar-refractivity contribution is -0.131. The molecule has 0 aliphatic carbocycles. The summed E-state index contributed by atoms with van der Waals surface area (Å²) in [5.74, 6) is 0.154. The van der Waals surface area contributed by atoms with Crippen LogP contribution < -0.4 is 5.73 Å². The summed E-state index contributed by atoms with van der Waals surface area (Å²) in [7, 11) is 5.70. The van der Waals surface area contributed by atoms with E-state index in [1.54, 1.807) is 36.2 Å². The van der Waals surface area contributed by atoms with Gasteiger partial charge in [-0.05, 0) is 38.2 Å². The standard InChI is InChI=1S/C14H23N3O2/c1-16(2)8-9-17(3)14(19)13(15)10-11-4-6-12(18)7-5-11/h4-7,13,18H,8-10,15H2,1-3H3/t13-/m1/s1. The Labute approximate surface area is 114 Å². The van der Waals surface area contributed by atoms with Crippen molar-refractivity contribution in [1.82, 2.24) is 9.80 Å². The number of amides is 1. The summed E-state index contributed by atoms with van der Waals surface area (Å²) >= 11 is 0. The first-order valence-electron chi connectivity index (χ1n) is 6.33. The van der Waals surface area contributed by atoms with Gasteiger partial charge in [-0.2, -0.15) is 0 Å². The first-order chi connectivity index (χ1) is 8.90. The molecule has 19 heavy (non-hydrogen) atoms. The summed E-state index contributed by atoms with van der Waals surface area (Å²) in [5, 5.41) is 9.20. The van der Waals surface area contributed by atoms with Crippen molar-refractivity contribution in [1.29, 1.82) is 0 Å². The minimum absolute atomic E-state index is 0.0603. The average molecular weight is 265 g/mol.